The Labute approximate surface area is 68.2 Å². The molecule has 0 aromatic heterocycles. The summed E-state index contributed by atoms with van der Waals surface area (Å²) in [5, 5.41) is 18.7. The van der Waals surface area contributed by atoms with Gasteiger partial charge in [0.25, 0.3) is 5.70 Å². The molecule has 1 N–H and O–H groups in total. The third-order valence-corrected chi connectivity index (χ3v) is 1.61. The zero-order valence-electron chi connectivity index (χ0n) is 6.14. The van der Waals surface area contributed by atoms with E-state index in [0.29, 0.717) is 0 Å². The Balaban J connectivity index is 2.68. The van der Waals surface area contributed by atoms with E-state index in [1.165, 1.54) is 18.2 Å². The minimum atomic E-state index is -0.954. The number of rotatable bonds is 2. The van der Waals surface area contributed by atoms with Crippen molar-refractivity contribution < 1.29 is 14.8 Å². The average molecular weight is 169 g/mol. The van der Waals surface area contributed by atoms with E-state index in [1.807, 2.05) is 0 Å². The second-order valence-corrected chi connectivity index (χ2v) is 2.43. The molecule has 0 heterocycles. The zero-order valence-corrected chi connectivity index (χ0v) is 6.14. The SMILES string of the molecule is O=C(O)C1C=CC([N+](=O)[O-])=CC1. The summed E-state index contributed by atoms with van der Waals surface area (Å²) >= 11 is 0. The van der Waals surface area contributed by atoms with Crippen LogP contribution in [-0.2, 0) is 4.79 Å². The fourth-order valence-electron chi connectivity index (χ4n) is 0.928. The fourth-order valence-corrected chi connectivity index (χ4v) is 0.928. The van der Waals surface area contributed by atoms with Gasteiger partial charge in [-0.05, 0) is 12.5 Å². The molecule has 0 aromatic carbocycles. The van der Waals surface area contributed by atoms with Gasteiger partial charge in [0.1, 0.15) is 0 Å². The van der Waals surface area contributed by atoms with Gasteiger partial charge in [-0.3, -0.25) is 14.9 Å². The zero-order chi connectivity index (χ0) is 9.14. The molecule has 0 saturated carbocycles. The summed E-state index contributed by atoms with van der Waals surface area (Å²) in [4.78, 5) is 20.0. The number of carbonyl (C=O) groups is 1. The van der Waals surface area contributed by atoms with Crippen LogP contribution in [0, 0.1) is 16.0 Å². The number of aliphatic carboxylic acids is 1. The smallest absolute Gasteiger partial charge is 0.310 e. The first-order chi connectivity index (χ1) is 5.61. The van der Waals surface area contributed by atoms with Crippen LogP contribution in [0.1, 0.15) is 6.42 Å². The van der Waals surface area contributed by atoms with E-state index in [9.17, 15) is 14.9 Å². The lowest BCUT2D eigenvalue weighted by atomic mass is 10.00. The predicted molar refractivity (Wildman–Crippen MR) is 40.0 cm³/mol. The Hall–Kier alpha value is -1.65. The Morgan fingerprint density at radius 1 is 1.75 bits per heavy atom. The lowest BCUT2D eigenvalue weighted by Gasteiger charge is -2.06. The van der Waals surface area contributed by atoms with E-state index in [4.69, 9.17) is 5.11 Å². The van der Waals surface area contributed by atoms with Gasteiger partial charge in [-0.1, -0.05) is 6.08 Å². The summed E-state index contributed by atoms with van der Waals surface area (Å²) in [5.41, 5.74) is -0.0347. The topological polar surface area (TPSA) is 80.4 Å². The molecule has 1 atom stereocenters. The molecule has 1 aliphatic rings. The van der Waals surface area contributed by atoms with Crippen molar-refractivity contribution in [3.63, 3.8) is 0 Å². The Bertz CT molecular complexity index is 279. The molecule has 1 unspecified atom stereocenters. The molecule has 64 valence electrons. The van der Waals surface area contributed by atoms with Crippen LogP contribution in [0.4, 0.5) is 0 Å². The molecule has 5 nitrogen and oxygen atoms in total. The van der Waals surface area contributed by atoms with Crippen LogP contribution < -0.4 is 0 Å². The first kappa shape index (κ1) is 8.45. The summed E-state index contributed by atoms with van der Waals surface area (Å²) < 4.78 is 0. The van der Waals surface area contributed by atoms with Gasteiger partial charge in [-0.15, -0.1) is 0 Å². The highest BCUT2D eigenvalue weighted by molar-refractivity contribution is 5.72. The molecule has 0 aliphatic heterocycles. The van der Waals surface area contributed by atoms with Crippen molar-refractivity contribution in [2.24, 2.45) is 5.92 Å². The molecule has 5 heteroatoms. The number of nitrogens with zero attached hydrogens (tertiary/aromatic N) is 1. The number of hydrogen-bond acceptors (Lipinski definition) is 3. The Morgan fingerprint density at radius 3 is 2.75 bits per heavy atom. The first-order valence-corrected chi connectivity index (χ1v) is 3.37. The molecule has 1 rings (SSSR count). The minimum absolute atomic E-state index is 0.0347. The molecule has 1 aliphatic carbocycles. The van der Waals surface area contributed by atoms with Gasteiger partial charge in [-0.25, -0.2) is 0 Å². The third kappa shape index (κ3) is 1.69. The van der Waals surface area contributed by atoms with Gasteiger partial charge in [-0.2, -0.15) is 0 Å². The number of allylic oxidation sites excluding steroid dienone is 2. The van der Waals surface area contributed by atoms with Crippen LogP contribution in [0.25, 0.3) is 0 Å². The van der Waals surface area contributed by atoms with Gasteiger partial charge in [0.15, 0.2) is 0 Å². The van der Waals surface area contributed by atoms with E-state index in [1.54, 1.807) is 0 Å². The van der Waals surface area contributed by atoms with Crippen molar-refractivity contribution >= 4 is 5.97 Å². The molecule has 0 amide bonds. The summed E-state index contributed by atoms with van der Waals surface area (Å²) in [6.07, 6.45) is 4.07. The van der Waals surface area contributed by atoms with Crippen molar-refractivity contribution in [1.82, 2.24) is 0 Å². The van der Waals surface area contributed by atoms with E-state index in [2.05, 4.69) is 0 Å². The third-order valence-electron chi connectivity index (χ3n) is 1.61. The maximum atomic E-state index is 10.4. The predicted octanol–water partition coefficient (Wildman–Crippen LogP) is 0.808. The average Bonchev–Trinajstić information content (AvgIpc) is 2.04. The number of nitro groups is 1. The standard InChI is InChI=1S/C7H7NO4/c9-7(10)5-1-3-6(4-2-5)8(11)12/h1,3-5H,2H2,(H,9,10). The summed E-state index contributed by atoms with van der Waals surface area (Å²) in [7, 11) is 0. The molecule has 0 aromatic rings. The molecule has 0 saturated heterocycles. The van der Waals surface area contributed by atoms with Crippen molar-refractivity contribution in [2.45, 2.75) is 6.42 Å². The lowest BCUT2D eigenvalue weighted by Crippen LogP contribution is -2.13. The van der Waals surface area contributed by atoms with Crippen molar-refractivity contribution in [2.75, 3.05) is 0 Å². The van der Waals surface area contributed by atoms with E-state index in [-0.39, 0.29) is 12.1 Å². The highest BCUT2D eigenvalue weighted by Gasteiger charge is 2.19. The molecule has 12 heavy (non-hydrogen) atoms. The Morgan fingerprint density at radius 2 is 2.42 bits per heavy atom. The molecule has 0 bridgehead atoms. The Kier molecular flexibility index (Phi) is 2.23. The van der Waals surface area contributed by atoms with Gasteiger partial charge in [0.2, 0.25) is 0 Å². The highest BCUT2D eigenvalue weighted by Crippen LogP contribution is 2.16. The quantitative estimate of drug-likeness (QED) is 0.489. The van der Waals surface area contributed by atoms with E-state index < -0.39 is 16.8 Å². The maximum Gasteiger partial charge on any atom is 0.310 e. The van der Waals surface area contributed by atoms with Crippen molar-refractivity contribution in [3.8, 4) is 0 Å². The maximum absolute atomic E-state index is 10.4. The van der Waals surface area contributed by atoms with Crippen molar-refractivity contribution in [1.29, 1.82) is 0 Å². The molecular formula is C7H7NO4. The second kappa shape index (κ2) is 3.17. The molecule has 0 spiro atoms. The van der Waals surface area contributed by atoms with Crippen LogP contribution in [0.3, 0.4) is 0 Å². The molecule has 0 fully saturated rings. The number of carboxylic acids is 1. The van der Waals surface area contributed by atoms with Crippen molar-refractivity contribution in [3.05, 3.63) is 34.0 Å². The lowest BCUT2D eigenvalue weighted by molar-refractivity contribution is -0.419. The van der Waals surface area contributed by atoms with Gasteiger partial charge in [0.05, 0.1) is 10.8 Å². The fraction of sp³-hybridized carbons (Fsp3) is 0.286. The van der Waals surface area contributed by atoms with Crippen LogP contribution in [-0.4, -0.2) is 16.0 Å². The van der Waals surface area contributed by atoms with Crippen LogP contribution in [0.5, 0.6) is 0 Å². The van der Waals surface area contributed by atoms with E-state index in [0.717, 1.165) is 0 Å². The monoisotopic (exact) mass is 169 g/mol. The van der Waals surface area contributed by atoms with E-state index >= 15 is 0 Å². The van der Waals surface area contributed by atoms with Gasteiger partial charge < -0.3 is 5.11 Å². The molecule has 0 radical (unpaired) electrons. The van der Waals surface area contributed by atoms with Gasteiger partial charge in [0, 0.05) is 6.08 Å². The highest BCUT2D eigenvalue weighted by atomic mass is 16.6. The van der Waals surface area contributed by atoms with Crippen LogP contribution in [0.2, 0.25) is 0 Å². The normalized spacial score (nSPS) is 21.7. The van der Waals surface area contributed by atoms with Gasteiger partial charge >= 0.3 is 5.97 Å². The largest absolute Gasteiger partial charge is 0.481 e. The number of hydrogen-bond donors (Lipinski definition) is 1. The van der Waals surface area contributed by atoms with Crippen LogP contribution in [0.15, 0.2) is 23.9 Å². The number of carboxylic acid groups (broad SMARTS) is 1. The molecular weight excluding hydrogens is 162 g/mol. The summed E-state index contributed by atoms with van der Waals surface area (Å²) in [6.45, 7) is 0. The second-order valence-electron chi connectivity index (χ2n) is 2.43. The summed E-state index contributed by atoms with van der Waals surface area (Å²) in [5.74, 6) is -1.57. The minimum Gasteiger partial charge on any atom is -0.481 e. The van der Waals surface area contributed by atoms with Crippen LogP contribution >= 0.6 is 0 Å². The first-order valence-electron chi connectivity index (χ1n) is 3.37. The summed E-state index contributed by atoms with van der Waals surface area (Å²) in [6, 6.07) is 0.